The summed E-state index contributed by atoms with van der Waals surface area (Å²) in [6.07, 6.45) is 0.931. The third-order valence-corrected chi connectivity index (χ3v) is 4.93. The number of thiocarbonyl (C=S) groups is 1. The van der Waals surface area contributed by atoms with Gasteiger partial charge in [-0.3, -0.25) is 4.72 Å². The molecule has 1 rings (SSSR count). The quantitative estimate of drug-likeness (QED) is 0.719. The van der Waals surface area contributed by atoms with E-state index in [0.29, 0.717) is 0 Å². The average Bonchev–Trinajstić information content (AvgIpc) is 2.28. The lowest BCUT2D eigenvalue weighted by Gasteiger charge is -2.11. The zero-order chi connectivity index (χ0) is 15.6. The van der Waals surface area contributed by atoms with Gasteiger partial charge in [0.25, 0.3) is 0 Å². The fourth-order valence-corrected chi connectivity index (χ4v) is 4.16. The Balaban J connectivity index is 3.01. The van der Waals surface area contributed by atoms with Crippen molar-refractivity contribution in [1.29, 1.82) is 0 Å². The number of hydrogen-bond acceptors (Lipinski definition) is 5. The maximum absolute atomic E-state index is 13.1. The first-order valence-corrected chi connectivity index (χ1v) is 9.40. The second-order valence-corrected chi connectivity index (χ2v) is 8.65. The molecule has 0 radical (unpaired) electrons. The predicted octanol–water partition coefficient (Wildman–Crippen LogP) is 0.246. The molecule has 10 heteroatoms. The van der Waals surface area contributed by atoms with Crippen molar-refractivity contribution in [2.24, 2.45) is 5.73 Å². The molecule has 0 bridgehead atoms. The number of nitrogens with one attached hydrogen (secondary N) is 1. The highest BCUT2D eigenvalue weighted by atomic mass is 32.2. The van der Waals surface area contributed by atoms with Crippen molar-refractivity contribution in [3.63, 3.8) is 0 Å². The van der Waals surface area contributed by atoms with Crippen LogP contribution in [0, 0.1) is 5.82 Å². The van der Waals surface area contributed by atoms with Crippen molar-refractivity contribution in [2.75, 3.05) is 22.5 Å². The SMILES string of the molecule is CS(=O)(=O)CCS(=O)(=O)Nc1ccc(F)cc1C(N)=S. The smallest absolute Gasteiger partial charge is 0.233 e. The van der Waals surface area contributed by atoms with E-state index < -0.39 is 37.2 Å². The number of sulfone groups is 1. The highest BCUT2D eigenvalue weighted by molar-refractivity contribution is 7.95. The molecular formula is C10H13FN2O4S3. The van der Waals surface area contributed by atoms with Gasteiger partial charge in [0.2, 0.25) is 10.0 Å². The van der Waals surface area contributed by atoms with Crippen molar-refractivity contribution in [3.05, 3.63) is 29.6 Å². The van der Waals surface area contributed by atoms with E-state index in [1.54, 1.807) is 0 Å². The number of halogens is 1. The van der Waals surface area contributed by atoms with Gasteiger partial charge in [-0.25, -0.2) is 21.2 Å². The summed E-state index contributed by atoms with van der Waals surface area (Å²) in [7, 11) is -7.32. The van der Waals surface area contributed by atoms with Gasteiger partial charge in [-0.1, -0.05) is 12.2 Å². The van der Waals surface area contributed by atoms with Gasteiger partial charge in [0.05, 0.1) is 17.2 Å². The molecule has 3 N–H and O–H groups in total. The van der Waals surface area contributed by atoms with Crippen LogP contribution < -0.4 is 10.5 Å². The van der Waals surface area contributed by atoms with E-state index in [0.717, 1.165) is 18.4 Å². The van der Waals surface area contributed by atoms with Gasteiger partial charge in [0.15, 0.2) is 0 Å². The molecule has 1 aromatic rings. The molecule has 0 saturated carbocycles. The van der Waals surface area contributed by atoms with Gasteiger partial charge in [-0.2, -0.15) is 0 Å². The average molecular weight is 340 g/mol. The highest BCUT2D eigenvalue weighted by Gasteiger charge is 2.17. The minimum absolute atomic E-state index is 0.00685. The van der Waals surface area contributed by atoms with Gasteiger partial charge < -0.3 is 5.73 Å². The van der Waals surface area contributed by atoms with Crippen LogP contribution in [-0.4, -0.2) is 39.6 Å². The largest absolute Gasteiger partial charge is 0.389 e. The van der Waals surface area contributed by atoms with E-state index in [-0.39, 0.29) is 16.2 Å². The van der Waals surface area contributed by atoms with Crippen LogP contribution in [0.5, 0.6) is 0 Å². The number of hydrogen-bond donors (Lipinski definition) is 2. The molecule has 0 saturated heterocycles. The van der Waals surface area contributed by atoms with Crippen LogP contribution in [0.1, 0.15) is 5.56 Å². The van der Waals surface area contributed by atoms with Crippen molar-refractivity contribution < 1.29 is 21.2 Å². The molecule has 6 nitrogen and oxygen atoms in total. The first-order valence-electron chi connectivity index (χ1n) is 5.28. The van der Waals surface area contributed by atoms with E-state index >= 15 is 0 Å². The summed E-state index contributed by atoms with van der Waals surface area (Å²) in [5, 5.41) is 0. The van der Waals surface area contributed by atoms with Gasteiger partial charge in [-0.05, 0) is 18.2 Å². The summed E-state index contributed by atoms with van der Waals surface area (Å²) in [4.78, 5) is -0.176. The Morgan fingerprint density at radius 1 is 1.30 bits per heavy atom. The zero-order valence-electron chi connectivity index (χ0n) is 10.5. The molecule has 0 aliphatic rings. The van der Waals surface area contributed by atoms with Gasteiger partial charge in [0, 0.05) is 11.8 Å². The topological polar surface area (TPSA) is 106 Å². The number of benzene rings is 1. The lowest BCUT2D eigenvalue weighted by Crippen LogP contribution is -2.24. The summed E-state index contributed by atoms with van der Waals surface area (Å²) in [5.74, 6) is -1.75. The highest BCUT2D eigenvalue weighted by Crippen LogP contribution is 2.18. The summed E-state index contributed by atoms with van der Waals surface area (Å²) < 4.78 is 60.7. The molecule has 0 atom stereocenters. The molecule has 112 valence electrons. The molecule has 0 fully saturated rings. The second kappa shape index (κ2) is 6.02. The molecular weight excluding hydrogens is 327 g/mol. The van der Waals surface area contributed by atoms with Crippen LogP contribution in [0.4, 0.5) is 10.1 Å². The summed E-state index contributed by atoms with van der Waals surface area (Å²) in [5.41, 5.74) is 5.42. The van der Waals surface area contributed by atoms with Gasteiger partial charge in [-0.15, -0.1) is 0 Å². The Morgan fingerprint density at radius 2 is 1.90 bits per heavy atom. The van der Waals surface area contributed by atoms with Crippen LogP contribution in [0.3, 0.4) is 0 Å². The molecule has 20 heavy (non-hydrogen) atoms. The fraction of sp³-hybridized carbons (Fsp3) is 0.300. The van der Waals surface area contributed by atoms with Crippen LogP contribution in [0.2, 0.25) is 0 Å². The monoisotopic (exact) mass is 340 g/mol. The van der Waals surface area contributed by atoms with E-state index in [4.69, 9.17) is 18.0 Å². The van der Waals surface area contributed by atoms with E-state index in [9.17, 15) is 21.2 Å². The Labute approximate surface area is 122 Å². The number of nitrogens with two attached hydrogens (primary N) is 1. The van der Waals surface area contributed by atoms with E-state index in [2.05, 4.69) is 4.72 Å². The van der Waals surface area contributed by atoms with Crippen molar-refractivity contribution in [1.82, 2.24) is 0 Å². The maximum atomic E-state index is 13.1. The van der Waals surface area contributed by atoms with Gasteiger partial charge in [0.1, 0.15) is 20.6 Å². The van der Waals surface area contributed by atoms with Crippen LogP contribution in [-0.2, 0) is 19.9 Å². The molecule has 0 aromatic heterocycles. The summed E-state index contributed by atoms with van der Waals surface area (Å²) in [6, 6.07) is 3.20. The second-order valence-electron chi connectivity index (χ2n) is 4.10. The molecule has 0 spiro atoms. The van der Waals surface area contributed by atoms with Crippen LogP contribution in [0.15, 0.2) is 18.2 Å². The molecule has 0 aliphatic carbocycles. The standard InChI is InChI=1S/C10H13FN2O4S3/c1-19(14,15)4-5-20(16,17)13-9-3-2-7(11)6-8(9)10(12)18/h2-3,6,13H,4-5H2,1H3,(H2,12,18). The summed E-state index contributed by atoms with van der Waals surface area (Å²) >= 11 is 4.70. The Morgan fingerprint density at radius 3 is 2.40 bits per heavy atom. The Kier molecular flexibility index (Phi) is 5.05. The number of anilines is 1. The van der Waals surface area contributed by atoms with Crippen LogP contribution >= 0.6 is 12.2 Å². The molecule has 0 heterocycles. The third-order valence-electron chi connectivity index (χ3n) is 2.24. The minimum Gasteiger partial charge on any atom is -0.389 e. The van der Waals surface area contributed by atoms with E-state index in [1.165, 1.54) is 6.07 Å². The fourth-order valence-electron chi connectivity index (χ4n) is 1.29. The van der Waals surface area contributed by atoms with Crippen molar-refractivity contribution >= 4 is 42.8 Å². The molecule has 0 amide bonds. The zero-order valence-corrected chi connectivity index (χ0v) is 12.9. The Bertz CT molecular complexity index is 729. The first kappa shape index (κ1) is 16.8. The minimum atomic E-state index is -3.90. The molecule has 1 aromatic carbocycles. The lowest BCUT2D eigenvalue weighted by atomic mass is 10.2. The maximum Gasteiger partial charge on any atom is 0.233 e. The van der Waals surface area contributed by atoms with Crippen LogP contribution in [0.25, 0.3) is 0 Å². The van der Waals surface area contributed by atoms with Crippen molar-refractivity contribution in [2.45, 2.75) is 0 Å². The van der Waals surface area contributed by atoms with E-state index in [1.807, 2.05) is 0 Å². The molecule has 0 unspecified atom stereocenters. The number of sulfonamides is 1. The normalized spacial score (nSPS) is 12.1. The van der Waals surface area contributed by atoms with Gasteiger partial charge >= 0.3 is 0 Å². The summed E-state index contributed by atoms with van der Waals surface area (Å²) in [6.45, 7) is 0. The number of rotatable bonds is 6. The predicted molar refractivity (Wildman–Crippen MR) is 79.4 cm³/mol. The first-order chi connectivity index (χ1) is 9.00. The third kappa shape index (κ3) is 5.39. The Hall–Kier alpha value is -1.26. The molecule has 0 aliphatic heterocycles. The lowest BCUT2D eigenvalue weighted by molar-refractivity contribution is 0.593. The van der Waals surface area contributed by atoms with Crippen molar-refractivity contribution in [3.8, 4) is 0 Å².